The second kappa shape index (κ2) is 6.96. The quantitative estimate of drug-likeness (QED) is 0.725. The predicted molar refractivity (Wildman–Crippen MR) is 105 cm³/mol. The molecule has 0 bridgehead atoms. The number of rotatable bonds is 4. The molecule has 4 nitrogen and oxygen atoms in total. The number of nitrogens with zero attached hydrogens (tertiary/aromatic N) is 3. The highest BCUT2D eigenvalue weighted by Crippen LogP contribution is 2.23. The molecule has 1 aliphatic heterocycles. The number of likely N-dealkylation sites (N-methyl/N-ethyl adjacent to an activating group) is 2. The summed E-state index contributed by atoms with van der Waals surface area (Å²) in [6.45, 7) is 2.36. The molecule has 0 N–H and O–H groups in total. The Balaban J connectivity index is 1.43. The van der Waals surface area contributed by atoms with Gasteiger partial charge in [0.25, 0.3) is 0 Å². The number of amides is 1. The van der Waals surface area contributed by atoms with Crippen LogP contribution in [0.5, 0.6) is 0 Å². The Kier molecular flexibility index (Phi) is 4.51. The Morgan fingerprint density at radius 1 is 1.08 bits per heavy atom. The van der Waals surface area contributed by atoms with E-state index in [0.29, 0.717) is 6.54 Å². The van der Waals surface area contributed by atoms with Gasteiger partial charge in [0.2, 0.25) is 5.91 Å². The number of para-hydroxylation sites is 1. The molecule has 1 aromatic heterocycles. The fourth-order valence-corrected chi connectivity index (χ4v) is 3.89. The van der Waals surface area contributed by atoms with Gasteiger partial charge in [-0.15, -0.1) is 0 Å². The number of benzene rings is 2. The molecule has 2 heterocycles. The Bertz CT molecular complexity index is 930. The third-order valence-corrected chi connectivity index (χ3v) is 5.50. The van der Waals surface area contributed by atoms with Crippen LogP contribution in [0.1, 0.15) is 11.1 Å². The summed E-state index contributed by atoms with van der Waals surface area (Å²) in [5.74, 6) is 0.207. The van der Waals surface area contributed by atoms with Gasteiger partial charge in [-0.1, -0.05) is 42.5 Å². The Morgan fingerprint density at radius 3 is 2.65 bits per heavy atom. The Morgan fingerprint density at radius 2 is 1.81 bits per heavy atom. The first-order valence-corrected chi connectivity index (χ1v) is 9.19. The summed E-state index contributed by atoms with van der Waals surface area (Å²) in [5, 5.41) is 1.24. The maximum absolute atomic E-state index is 13.0. The zero-order valence-corrected chi connectivity index (χ0v) is 15.4. The molecule has 2 aromatic carbocycles. The molecule has 0 saturated carbocycles. The van der Waals surface area contributed by atoms with Crippen molar-refractivity contribution in [3.8, 4) is 0 Å². The lowest BCUT2D eigenvalue weighted by Gasteiger charge is -2.35. The van der Waals surface area contributed by atoms with Gasteiger partial charge in [0.05, 0.1) is 6.04 Å². The van der Waals surface area contributed by atoms with E-state index in [1.807, 2.05) is 19.0 Å². The highest BCUT2D eigenvalue weighted by atomic mass is 16.2. The van der Waals surface area contributed by atoms with Crippen molar-refractivity contribution in [2.45, 2.75) is 25.6 Å². The molecule has 1 unspecified atom stereocenters. The summed E-state index contributed by atoms with van der Waals surface area (Å²) in [4.78, 5) is 17.1. The first-order chi connectivity index (χ1) is 12.6. The van der Waals surface area contributed by atoms with Crippen LogP contribution < -0.4 is 0 Å². The lowest BCUT2D eigenvalue weighted by molar-refractivity contribution is -0.135. The molecule has 1 amide bonds. The first-order valence-electron chi connectivity index (χ1n) is 9.19. The first kappa shape index (κ1) is 16.9. The maximum atomic E-state index is 13.0. The average molecular weight is 347 g/mol. The fourth-order valence-electron chi connectivity index (χ4n) is 3.89. The van der Waals surface area contributed by atoms with Crippen LogP contribution in [0.4, 0.5) is 0 Å². The summed E-state index contributed by atoms with van der Waals surface area (Å²) in [5.41, 5.74) is 3.85. The summed E-state index contributed by atoms with van der Waals surface area (Å²) in [6.07, 6.45) is 2.90. The predicted octanol–water partition coefficient (Wildman–Crippen LogP) is 3.16. The fraction of sp³-hybridized carbons (Fsp3) is 0.318. The van der Waals surface area contributed by atoms with E-state index >= 15 is 0 Å². The minimum atomic E-state index is -0.0729. The smallest absolute Gasteiger partial charge is 0.240 e. The number of carbonyl (C=O) groups excluding carboxylic acids is 1. The van der Waals surface area contributed by atoms with Gasteiger partial charge < -0.3 is 9.47 Å². The molecule has 26 heavy (non-hydrogen) atoms. The maximum Gasteiger partial charge on any atom is 0.240 e. The van der Waals surface area contributed by atoms with E-state index in [1.54, 1.807) is 0 Å². The van der Waals surface area contributed by atoms with Crippen LogP contribution in [0.15, 0.2) is 60.8 Å². The lowest BCUT2D eigenvalue weighted by atomic mass is 9.94. The van der Waals surface area contributed by atoms with Crippen molar-refractivity contribution >= 4 is 16.8 Å². The summed E-state index contributed by atoms with van der Waals surface area (Å²) < 4.78 is 2.22. The highest BCUT2D eigenvalue weighted by Gasteiger charge is 2.30. The number of fused-ring (bicyclic) bond motifs is 2. The van der Waals surface area contributed by atoms with E-state index < -0.39 is 0 Å². The highest BCUT2D eigenvalue weighted by molar-refractivity contribution is 5.82. The van der Waals surface area contributed by atoms with E-state index in [4.69, 9.17) is 0 Å². The molecule has 134 valence electrons. The molecule has 0 saturated heterocycles. The number of carbonyl (C=O) groups is 1. The molecule has 1 atom stereocenters. The minimum Gasteiger partial charge on any atom is -0.346 e. The Hall–Kier alpha value is -2.59. The molecule has 4 heteroatoms. The van der Waals surface area contributed by atoms with Crippen LogP contribution in [-0.4, -0.2) is 47.0 Å². The molecule has 1 aliphatic rings. The van der Waals surface area contributed by atoms with Crippen LogP contribution in [-0.2, 0) is 24.3 Å². The minimum absolute atomic E-state index is 0.0729. The second-order valence-electron chi connectivity index (χ2n) is 7.23. The van der Waals surface area contributed by atoms with Crippen LogP contribution in [0.3, 0.4) is 0 Å². The van der Waals surface area contributed by atoms with Crippen LogP contribution >= 0.6 is 0 Å². The summed E-state index contributed by atoms with van der Waals surface area (Å²) in [6, 6.07) is 18.9. The van der Waals surface area contributed by atoms with Gasteiger partial charge in [0, 0.05) is 38.4 Å². The standard InChI is InChI=1S/C22H25N3O/c1-23(13-14-25-12-11-17-7-5-6-10-20(17)25)22(26)21-15-18-8-3-4-9-19(18)16-24(21)2/h3-12,21H,13-16H2,1-2H3. The van der Waals surface area contributed by atoms with Gasteiger partial charge in [-0.3, -0.25) is 9.69 Å². The third-order valence-electron chi connectivity index (χ3n) is 5.50. The van der Waals surface area contributed by atoms with E-state index in [1.165, 1.54) is 22.0 Å². The van der Waals surface area contributed by atoms with Crippen molar-refractivity contribution in [2.24, 2.45) is 0 Å². The molecule has 0 aliphatic carbocycles. The van der Waals surface area contributed by atoms with Crippen molar-refractivity contribution in [1.29, 1.82) is 0 Å². The van der Waals surface area contributed by atoms with Crippen molar-refractivity contribution < 1.29 is 4.79 Å². The topological polar surface area (TPSA) is 28.5 Å². The zero-order valence-electron chi connectivity index (χ0n) is 15.4. The lowest BCUT2D eigenvalue weighted by Crippen LogP contribution is -2.49. The van der Waals surface area contributed by atoms with Gasteiger partial charge in [-0.2, -0.15) is 0 Å². The number of hydrogen-bond donors (Lipinski definition) is 0. The molecule has 0 radical (unpaired) electrons. The molecule has 0 fully saturated rings. The molecule has 4 rings (SSSR count). The van der Waals surface area contributed by atoms with E-state index in [-0.39, 0.29) is 11.9 Å². The molecule has 0 spiro atoms. The number of hydrogen-bond acceptors (Lipinski definition) is 2. The van der Waals surface area contributed by atoms with Gasteiger partial charge >= 0.3 is 0 Å². The van der Waals surface area contributed by atoms with Gasteiger partial charge in [-0.25, -0.2) is 0 Å². The monoisotopic (exact) mass is 347 g/mol. The zero-order chi connectivity index (χ0) is 18.1. The van der Waals surface area contributed by atoms with Gasteiger partial charge in [-0.05, 0) is 42.1 Å². The molecule has 3 aromatic rings. The van der Waals surface area contributed by atoms with E-state index in [2.05, 4.69) is 70.3 Å². The number of aromatic nitrogens is 1. The van der Waals surface area contributed by atoms with E-state index in [9.17, 15) is 4.79 Å². The van der Waals surface area contributed by atoms with Crippen molar-refractivity contribution in [2.75, 3.05) is 20.6 Å². The van der Waals surface area contributed by atoms with Gasteiger partial charge in [0.15, 0.2) is 0 Å². The average Bonchev–Trinajstić information content (AvgIpc) is 3.08. The third kappa shape index (κ3) is 3.13. The van der Waals surface area contributed by atoms with Gasteiger partial charge in [0.1, 0.15) is 0 Å². The van der Waals surface area contributed by atoms with E-state index in [0.717, 1.165) is 19.5 Å². The second-order valence-corrected chi connectivity index (χ2v) is 7.23. The summed E-state index contributed by atoms with van der Waals surface area (Å²) in [7, 11) is 3.97. The molecular formula is C22H25N3O. The van der Waals surface area contributed by atoms with Crippen LogP contribution in [0, 0.1) is 0 Å². The molecular weight excluding hydrogens is 322 g/mol. The Labute approximate surface area is 154 Å². The van der Waals surface area contributed by atoms with Crippen molar-refractivity contribution in [3.63, 3.8) is 0 Å². The normalized spacial score (nSPS) is 17.2. The SMILES string of the molecule is CN(CCn1ccc2ccccc21)C(=O)C1Cc2ccccc2CN1C. The van der Waals surface area contributed by atoms with Crippen molar-refractivity contribution in [1.82, 2.24) is 14.4 Å². The summed E-state index contributed by atoms with van der Waals surface area (Å²) >= 11 is 0. The van der Waals surface area contributed by atoms with Crippen LogP contribution in [0.2, 0.25) is 0 Å². The largest absolute Gasteiger partial charge is 0.346 e. The van der Waals surface area contributed by atoms with Crippen molar-refractivity contribution in [3.05, 3.63) is 71.9 Å². The van der Waals surface area contributed by atoms with Crippen LogP contribution in [0.25, 0.3) is 10.9 Å².